The smallest absolute Gasteiger partial charge is 0.420 e. The number of halogens is 3. The van der Waals surface area contributed by atoms with E-state index in [0.29, 0.717) is 18.7 Å². The molecule has 0 aromatic heterocycles. The molecule has 1 fully saturated rings. The van der Waals surface area contributed by atoms with Gasteiger partial charge in [0.15, 0.2) is 0 Å². The van der Waals surface area contributed by atoms with Crippen LogP contribution >= 0.6 is 0 Å². The molecule has 8 nitrogen and oxygen atoms in total. The summed E-state index contributed by atoms with van der Waals surface area (Å²) >= 11 is 0. The van der Waals surface area contributed by atoms with Crippen LogP contribution in [0.3, 0.4) is 0 Å². The highest BCUT2D eigenvalue weighted by Gasteiger charge is 2.35. The number of aromatic carboxylic acids is 1. The molecule has 34 heavy (non-hydrogen) atoms. The van der Waals surface area contributed by atoms with Gasteiger partial charge in [0.2, 0.25) is 0 Å². The van der Waals surface area contributed by atoms with Gasteiger partial charge in [-0.3, -0.25) is 4.79 Å². The van der Waals surface area contributed by atoms with Gasteiger partial charge in [-0.25, -0.2) is 4.79 Å². The Morgan fingerprint density at radius 2 is 1.56 bits per heavy atom. The standard InChI is InChI=1S/C11H10F3NO.C8H5NO2.C4H7NO2/c1-7(2)16-10-4-3-8(6-15)5-9(10)11(12,13)14;9-5-6-1-3-7(4-2-6)8(10)11;6-4(7)3-1-5-2-3/h3-5,7H,1-2H3;1-4H,(H,10,11);3,5H,1-2H2,(H,6,7). The zero-order valence-corrected chi connectivity index (χ0v) is 18.3. The van der Waals surface area contributed by atoms with E-state index < -0.39 is 23.7 Å². The maximum Gasteiger partial charge on any atom is 0.420 e. The van der Waals surface area contributed by atoms with Crippen molar-refractivity contribution in [3.8, 4) is 17.9 Å². The topological polar surface area (TPSA) is 143 Å². The van der Waals surface area contributed by atoms with Crippen molar-refractivity contribution < 1.29 is 37.7 Å². The Bertz CT molecular complexity index is 1070. The molecule has 0 bridgehead atoms. The van der Waals surface area contributed by atoms with Gasteiger partial charge in [-0.2, -0.15) is 23.7 Å². The van der Waals surface area contributed by atoms with Crippen molar-refractivity contribution in [2.24, 2.45) is 5.92 Å². The van der Waals surface area contributed by atoms with Crippen molar-refractivity contribution in [3.63, 3.8) is 0 Å². The van der Waals surface area contributed by atoms with Crippen LogP contribution in [0.5, 0.6) is 5.75 Å². The molecule has 3 N–H and O–H groups in total. The maximum atomic E-state index is 12.6. The van der Waals surface area contributed by atoms with Crippen LogP contribution in [0.1, 0.15) is 40.9 Å². The number of rotatable bonds is 4. The van der Waals surface area contributed by atoms with Crippen LogP contribution in [-0.4, -0.2) is 41.3 Å². The summed E-state index contributed by atoms with van der Waals surface area (Å²) in [7, 11) is 0. The number of nitrogens with zero attached hydrogens (tertiary/aromatic N) is 2. The Kier molecular flexibility index (Phi) is 10.5. The molecule has 1 heterocycles. The molecule has 0 spiro atoms. The van der Waals surface area contributed by atoms with E-state index >= 15 is 0 Å². The Labute approximate surface area is 193 Å². The number of alkyl halides is 3. The Morgan fingerprint density at radius 1 is 1.03 bits per heavy atom. The number of hydrogen-bond acceptors (Lipinski definition) is 6. The third-order valence-corrected chi connectivity index (χ3v) is 4.17. The highest BCUT2D eigenvalue weighted by molar-refractivity contribution is 5.87. The summed E-state index contributed by atoms with van der Waals surface area (Å²) < 4.78 is 42.9. The fraction of sp³-hybridized carbons (Fsp3) is 0.304. The van der Waals surface area contributed by atoms with Crippen LogP contribution in [0.4, 0.5) is 13.2 Å². The summed E-state index contributed by atoms with van der Waals surface area (Å²) in [5.41, 5.74) is -0.289. The molecule has 3 rings (SSSR count). The first-order valence-corrected chi connectivity index (χ1v) is 9.84. The van der Waals surface area contributed by atoms with Crippen LogP contribution in [0.25, 0.3) is 0 Å². The normalized spacial score (nSPS) is 12.5. The molecule has 2 aromatic carbocycles. The predicted molar refractivity (Wildman–Crippen MR) is 114 cm³/mol. The minimum absolute atomic E-state index is 0.0385. The Balaban J connectivity index is 0.000000276. The number of aliphatic carboxylic acids is 1. The van der Waals surface area contributed by atoms with Gasteiger partial charge in [0, 0.05) is 13.1 Å². The van der Waals surface area contributed by atoms with Gasteiger partial charge in [-0.15, -0.1) is 0 Å². The van der Waals surface area contributed by atoms with Gasteiger partial charge in [-0.05, 0) is 56.3 Å². The zero-order valence-electron chi connectivity index (χ0n) is 18.3. The van der Waals surface area contributed by atoms with E-state index in [1.807, 2.05) is 6.07 Å². The Hall–Kier alpha value is -4.09. The first kappa shape index (κ1) is 27.9. The molecule has 0 unspecified atom stereocenters. The highest BCUT2D eigenvalue weighted by atomic mass is 19.4. The number of ether oxygens (including phenoxy) is 1. The third kappa shape index (κ3) is 9.18. The Morgan fingerprint density at radius 3 is 1.88 bits per heavy atom. The van der Waals surface area contributed by atoms with E-state index in [4.69, 9.17) is 25.5 Å². The van der Waals surface area contributed by atoms with Gasteiger partial charge in [0.1, 0.15) is 5.75 Å². The molecule has 0 aliphatic carbocycles. The predicted octanol–water partition coefficient (Wildman–Crippen LogP) is 3.91. The monoisotopic (exact) mass is 477 g/mol. The lowest BCUT2D eigenvalue weighted by molar-refractivity contribution is -0.143. The number of nitrogens with one attached hydrogen (secondary N) is 1. The summed E-state index contributed by atoms with van der Waals surface area (Å²) in [4.78, 5) is 20.3. The lowest BCUT2D eigenvalue weighted by Gasteiger charge is -2.21. The highest BCUT2D eigenvalue weighted by Crippen LogP contribution is 2.37. The van der Waals surface area contributed by atoms with Gasteiger partial charge < -0.3 is 20.3 Å². The molecule has 1 aliphatic rings. The van der Waals surface area contributed by atoms with Crippen molar-refractivity contribution in [3.05, 3.63) is 64.7 Å². The number of nitriles is 2. The van der Waals surface area contributed by atoms with Gasteiger partial charge in [0.05, 0.1) is 46.4 Å². The van der Waals surface area contributed by atoms with E-state index in [2.05, 4.69) is 5.32 Å². The van der Waals surface area contributed by atoms with E-state index in [1.54, 1.807) is 19.9 Å². The second-order valence-electron chi connectivity index (χ2n) is 7.17. The van der Waals surface area contributed by atoms with Gasteiger partial charge in [0.25, 0.3) is 0 Å². The lowest BCUT2D eigenvalue weighted by Crippen LogP contribution is -2.46. The van der Waals surface area contributed by atoms with Crippen molar-refractivity contribution in [2.45, 2.75) is 26.1 Å². The van der Waals surface area contributed by atoms with Gasteiger partial charge in [-0.1, -0.05) is 0 Å². The van der Waals surface area contributed by atoms with E-state index in [0.717, 1.165) is 6.07 Å². The van der Waals surface area contributed by atoms with Crippen LogP contribution in [0.15, 0.2) is 42.5 Å². The average Bonchev–Trinajstić information content (AvgIpc) is 2.72. The molecule has 11 heteroatoms. The zero-order chi connectivity index (χ0) is 25.9. The van der Waals surface area contributed by atoms with E-state index in [-0.39, 0.29) is 28.9 Å². The SMILES string of the molecule is CC(C)Oc1ccc(C#N)cc1C(F)(F)F.N#Cc1ccc(C(=O)O)cc1.O=C(O)C1CNC1. The molecular weight excluding hydrogens is 455 g/mol. The van der Waals surface area contributed by atoms with E-state index in [1.165, 1.54) is 36.4 Å². The number of hydrogen-bond donors (Lipinski definition) is 3. The third-order valence-electron chi connectivity index (χ3n) is 4.17. The number of benzene rings is 2. The second kappa shape index (κ2) is 12.8. The summed E-state index contributed by atoms with van der Waals surface area (Å²) in [5, 5.41) is 36.4. The van der Waals surface area contributed by atoms with Crippen molar-refractivity contribution in [1.82, 2.24) is 5.32 Å². The van der Waals surface area contributed by atoms with Gasteiger partial charge >= 0.3 is 18.1 Å². The second-order valence-corrected chi connectivity index (χ2v) is 7.17. The van der Waals surface area contributed by atoms with Crippen molar-refractivity contribution in [1.29, 1.82) is 10.5 Å². The first-order valence-electron chi connectivity index (χ1n) is 9.84. The molecule has 1 saturated heterocycles. The molecule has 0 saturated carbocycles. The minimum atomic E-state index is -4.52. The fourth-order valence-corrected chi connectivity index (χ4v) is 2.33. The average molecular weight is 477 g/mol. The summed E-state index contributed by atoms with van der Waals surface area (Å²) in [5.74, 6) is -2.02. The maximum absolute atomic E-state index is 12.6. The minimum Gasteiger partial charge on any atom is -0.490 e. The number of carboxylic acid groups (broad SMARTS) is 2. The fourth-order valence-electron chi connectivity index (χ4n) is 2.33. The van der Waals surface area contributed by atoms with Crippen LogP contribution in [0.2, 0.25) is 0 Å². The summed E-state index contributed by atoms with van der Waals surface area (Å²) in [6.45, 7) is 4.57. The van der Waals surface area contributed by atoms with Crippen LogP contribution in [0, 0.1) is 28.6 Å². The quantitative estimate of drug-likeness (QED) is 0.601. The molecule has 180 valence electrons. The molecule has 0 amide bonds. The molecule has 0 atom stereocenters. The first-order chi connectivity index (χ1) is 15.9. The number of carboxylic acids is 2. The summed E-state index contributed by atoms with van der Waals surface area (Å²) in [6, 6.07) is 12.6. The summed E-state index contributed by atoms with van der Waals surface area (Å²) in [6.07, 6.45) is -4.87. The van der Waals surface area contributed by atoms with E-state index in [9.17, 15) is 22.8 Å². The molecule has 0 radical (unpaired) electrons. The van der Waals surface area contributed by atoms with Crippen LogP contribution in [-0.2, 0) is 11.0 Å². The lowest BCUT2D eigenvalue weighted by atomic mass is 10.1. The number of carbonyl (C=O) groups is 2. The molecular formula is C23H22F3N3O5. The van der Waals surface area contributed by atoms with Crippen molar-refractivity contribution in [2.75, 3.05) is 13.1 Å². The van der Waals surface area contributed by atoms with Crippen LogP contribution < -0.4 is 10.1 Å². The van der Waals surface area contributed by atoms with Crippen molar-refractivity contribution >= 4 is 11.9 Å². The molecule has 1 aliphatic heterocycles. The molecule has 2 aromatic rings. The largest absolute Gasteiger partial charge is 0.490 e.